The lowest BCUT2D eigenvalue weighted by Crippen LogP contribution is -2.41. The normalized spacial score (nSPS) is 15.4. The second kappa shape index (κ2) is 8.23. The van der Waals surface area contributed by atoms with Crippen LogP contribution >= 0.6 is 11.6 Å². The van der Waals surface area contributed by atoms with Crippen LogP contribution in [0.15, 0.2) is 51.7 Å². The van der Waals surface area contributed by atoms with Gasteiger partial charge in [0, 0.05) is 43.1 Å². The predicted octanol–water partition coefficient (Wildman–Crippen LogP) is 3.68. The number of carbonyl (C=O) groups is 1. The van der Waals surface area contributed by atoms with Crippen LogP contribution in [0.5, 0.6) is 5.75 Å². The van der Waals surface area contributed by atoms with Crippen molar-refractivity contribution in [3.63, 3.8) is 0 Å². The van der Waals surface area contributed by atoms with Crippen LogP contribution in [0.4, 0.5) is 0 Å². The van der Waals surface area contributed by atoms with Gasteiger partial charge in [-0.25, -0.2) is 4.79 Å². The smallest absolute Gasteiger partial charge is 0.339 e. The lowest BCUT2D eigenvalue weighted by Gasteiger charge is -2.31. The first kappa shape index (κ1) is 18.3. The summed E-state index contributed by atoms with van der Waals surface area (Å²) in [5.74, 6) is 0.992. The molecule has 3 rings (SSSR count). The third-order valence-corrected chi connectivity index (χ3v) is 4.58. The van der Waals surface area contributed by atoms with Crippen LogP contribution in [-0.2, 0) is 4.79 Å². The second-order valence-corrected chi connectivity index (χ2v) is 6.63. The fourth-order valence-electron chi connectivity index (χ4n) is 2.91. The third kappa shape index (κ3) is 4.76. The largest absolute Gasteiger partial charge is 0.490 e. The topological polar surface area (TPSA) is 59.8 Å². The average molecular weight is 374 g/mol. The van der Waals surface area contributed by atoms with Gasteiger partial charge in [-0.2, -0.15) is 0 Å². The number of amides is 1. The Kier molecular flexibility index (Phi) is 5.78. The molecule has 26 heavy (non-hydrogen) atoms. The second-order valence-electron chi connectivity index (χ2n) is 6.22. The number of carbonyl (C=O) groups excluding carboxylic acids is 1. The van der Waals surface area contributed by atoms with E-state index >= 15 is 0 Å². The first-order chi connectivity index (χ1) is 12.5. The van der Waals surface area contributed by atoms with Gasteiger partial charge >= 0.3 is 5.63 Å². The van der Waals surface area contributed by atoms with Crippen molar-refractivity contribution >= 4 is 23.6 Å². The number of piperidine rings is 1. The lowest BCUT2D eigenvalue weighted by molar-refractivity contribution is -0.127. The summed E-state index contributed by atoms with van der Waals surface area (Å²) in [7, 11) is 0. The first-order valence-electron chi connectivity index (χ1n) is 8.51. The Bertz CT molecular complexity index is 866. The van der Waals surface area contributed by atoms with Gasteiger partial charge < -0.3 is 14.1 Å². The minimum atomic E-state index is -0.419. The van der Waals surface area contributed by atoms with Gasteiger partial charge in [0.15, 0.2) is 0 Å². The van der Waals surface area contributed by atoms with Gasteiger partial charge in [0.25, 0.3) is 0 Å². The Balaban J connectivity index is 1.54. The zero-order chi connectivity index (χ0) is 18.5. The number of nitrogens with zero attached hydrogens (tertiary/aromatic N) is 1. The summed E-state index contributed by atoms with van der Waals surface area (Å²) in [6.07, 6.45) is 4.69. The van der Waals surface area contributed by atoms with Gasteiger partial charge in [-0.3, -0.25) is 4.79 Å². The highest BCUT2D eigenvalue weighted by molar-refractivity contribution is 6.32. The number of aryl methyl sites for hydroxylation is 1. The van der Waals surface area contributed by atoms with E-state index in [0.717, 1.165) is 5.56 Å². The first-order valence-corrected chi connectivity index (χ1v) is 8.89. The molecular weight excluding hydrogens is 354 g/mol. The molecule has 1 aliphatic rings. The van der Waals surface area contributed by atoms with E-state index in [9.17, 15) is 9.59 Å². The molecule has 0 aliphatic carbocycles. The van der Waals surface area contributed by atoms with Crippen molar-refractivity contribution in [3.8, 4) is 5.75 Å². The standard InChI is InChI=1S/C20H20ClNO4/c1-14-12-17(13-20(24)25-14)26-16-8-10-22(11-9-16)19(23)7-6-15-4-2-3-5-18(15)21/h2-7,12-13,16H,8-11H2,1H3/b7-6+. The number of likely N-dealkylation sites (tertiary alicyclic amines) is 1. The van der Waals surface area contributed by atoms with Gasteiger partial charge in [0.05, 0.1) is 6.07 Å². The highest BCUT2D eigenvalue weighted by Gasteiger charge is 2.23. The number of halogens is 1. The van der Waals surface area contributed by atoms with E-state index in [2.05, 4.69) is 0 Å². The maximum Gasteiger partial charge on any atom is 0.339 e. The van der Waals surface area contributed by atoms with Crippen molar-refractivity contribution in [2.24, 2.45) is 0 Å². The van der Waals surface area contributed by atoms with Gasteiger partial charge in [-0.1, -0.05) is 29.8 Å². The van der Waals surface area contributed by atoms with Crippen molar-refractivity contribution in [1.29, 1.82) is 0 Å². The van der Waals surface area contributed by atoms with Crippen LogP contribution in [0.3, 0.4) is 0 Å². The fourth-order valence-corrected chi connectivity index (χ4v) is 3.11. The van der Waals surface area contributed by atoms with E-state index in [1.807, 2.05) is 18.2 Å². The predicted molar refractivity (Wildman–Crippen MR) is 100 cm³/mol. The molecule has 5 nitrogen and oxygen atoms in total. The molecule has 2 aromatic rings. The molecule has 136 valence electrons. The lowest BCUT2D eigenvalue weighted by atomic mass is 10.1. The Morgan fingerprint density at radius 1 is 1.27 bits per heavy atom. The van der Waals surface area contributed by atoms with Crippen molar-refractivity contribution in [2.45, 2.75) is 25.9 Å². The average Bonchev–Trinajstić information content (AvgIpc) is 2.60. The van der Waals surface area contributed by atoms with Crippen LogP contribution in [0.2, 0.25) is 5.02 Å². The summed E-state index contributed by atoms with van der Waals surface area (Å²) >= 11 is 6.09. The highest BCUT2D eigenvalue weighted by Crippen LogP contribution is 2.20. The van der Waals surface area contributed by atoms with Crippen LogP contribution < -0.4 is 10.4 Å². The van der Waals surface area contributed by atoms with Crippen LogP contribution in [-0.4, -0.2) is 30.0 Å². The molecule has 1 amide bonds. The number of rotatable bonds is 4. The van der Waals surface area contributed by atoms with E-state index in [1.54, 1.807) is 36.1 Å². The molecular formula is C20H20ClNO4. The van der Waals surface area contributed by atoms with Crippen molar-refractivity contribution < 1.29 is 13.9 Å². The molecule has 2 heterocycles. The van der Waals surface area contributed by atoms with E-state index in [0.29, 0.717) is 42.5 Å². The molecule has 1 aromatic carbocycles. The van der Waals surface area contributed by atoms with E-state index in [4.69, 9.17) is 20.8 Å². The molecule has 1 fully saturated rings. The van der Waals surface area contributed by atoms with Gasteiger partial charge in [0.1, 0.15) is 17.6 Å². The summed E-state index contributed by atoms with van der Waals surface area (Å²) in [5.41, 5.74) is 0.399. The Labute approximate surface area is 156 Å². The van der Waals surface area contributed by atoms with Crippen molar-refractivity contribution in [3.05, 3.63) is 69.2 Å². The maximum absolute atomic E-state index is 12.3. The summed E-state index contributed by atoms with van der Waals surface area (Å²) < 4.78 is 10.8. The Morgan fingerprint density at radius 3 is 2.69 bits per heavy atom. The van der Waals surface area contributed by atoms with Gasteiger partial charge in [0.2, 0.25) is 5.91 Å². The highest BCUT2D eigenvalue weighted by atomic mass is 35.5. The zero-order valence-corrected chi connectivity index (χ0v) is 15.2. The summed E-state index contributed by atoms with van der Waals surface area (Å²) in [5, 5.41) is 0.617. The number of ether oxygens (including phenoxy) is 1. The number of hydrogen-bond donors (Lipinski definition) is 0. The van der Waals surface area contributed by atoms with E-state index < -0.39 is 5.63 Å². The minimum Gasteiger partial charge on any atom is -0.490 e. The van der Waals surface area contributed by atoms with Gasteiger partial charge in [-0.05, 0) is 24.6 Å². The zero-order valence-electron chi connectivity index (χ0n) is 14.5. The Hall–Kier alpha value is -2.53. The molecule has 0 unspecified atom stereocenters. The molecule has 6 heteroatoms. The van der Waals surface area contributed by atoms with Crippen LogP contribution in [0.25, 0.3) is 6.08 Å². The SMILES string of the molecule is Cc1cc(OC2CCN(C(=O)/C=C/c3ccccc3Cl)CC2)cc(=O)o1. The number of hydrogen-bond acceptors (Lipinski definition) is 4. The summed E-state index contributed by atoms with van der Waals surface area (Å²) in [6, 6.07) is 10.4. The fraction of sp³-hybridized carbons (Fsp3) is 0.300. The Morgan fingerprint density at radius 2 is 2.00 bits per heavy atom. The van der Waals surface area contributed by atoms with Gasteiger partial charge in [-0.15, -0.1) is 0 Å². The maximum atomic E-state index is 12.3. The third-order valence-electron chi connectivity index (χ3n) is 4.23. The van der Waals surface area contributed by atoms with Crippen molar-refractivity contribution in [1.82, 2.24) is 4.90 Å². The molecule has 0 N–H and O–H groups in total. The molecule has 0 saturated carbocycles. The summed E-state index contributed by atoms with van der Waals surface area (Å²) in [4.78, 5) is 25.5. The van der Waals surface area contributed by atoms with Crippen LogP contribution in [0.1, 0.15) is 24.2 Å². The minimum absolute atomic E-state index is 0.0206. The molecule has 1 aromatic heterocycles. The van der Waals surface area contributed by atoms with Crippen molar-refractivity contribution in [2.75, 3.05) is 13.1 Å². The van der Waals surface area contributed by atoms with Crippen LogP contribution in [0, 0.1) is 6.92 Å². The molecule has 0 radical (unpaired) electrons. The molecule has 0 bridgehead atoms. The molecule has 0 spiro atoms. The summed E-state index contributed by atoms with van der Waals surface area (Å²) in [6.45, 7) is 2.93. The quantitative estimate of drug-likeness (QED) is 0.767. The molecule has 0 atom stereocenters. The van der Waals surface area contributed by atoms with E-state index in [-0.39, 0.29) is 12.0 Å². The molecule has 1 aliphatic heterocycles. The monoisotopic (exact) mass is 373 g/mol. The van der Waals surface area contributed by atoms with E-state index in [1.165, 1.54) is 6.07 Å². The molecule has 1 saturated heterocycles. The number of benzene rings is 1.